The molecule has 0 aliphatic carbocycles. The van der Waals surface area contributed by atoms with E-state index in [4.69, 9.17) is 9.40 Å². The molecule has 0 saturated heterocycles. The zero-order chi connectivity index (χ0) is 19.7. The van der Waals surface area contributed by atoms with Gasteiger partial charge in [0.2, 0.25) is 5.89 Å². The number of rotatable bonds is 7. The second kappa shape index (κ2) is 8.06. The summed E-state index contributed by atoms with van der Waals surface area (Å²) in [6.45, 7) is 8.34. The Morgan fingerprint density at radius 3 is 2.93 bits per heavy atom. The van der Waals surface area contributed by atoms with Gasteiger partial charge in [-0.1, -0.05) is 37.8 Å². The van der Waals surface area contributed by atoms with E-state index in [0.29, 0.717) is 34.6 Å². The predicted molar refractivity (Wildman–Crippen MR) is 118 cm³/mol. The summed E-state index contributed by atoms with van der Waals surface area (Å²) in [5.41, 5.74) is 0.920. The van der Waals surface area contributed by atoms with Crippen LogP contribution in [0.2, 0.25) is 0 Å². The molecule has 0 radical (unpaired) electrons. The summed E-state index contributed by atoms with van der Waals surface area (Å²) in [4.78, 5) is 24.2. The highest BCUT2D eigenvalue weighted by Gasteiger charge is 2.18. The van der Waals surface area contributed by atoms with Crippen LogP contribution in [0.25, 0.3) is 20.7 Å². The molecule has 0 spiro atoms. The van der Waals surface area contributed by atoms with E-state index in [1.807, 2.05) is 22.9 Å². The van der Waals surface area contributed by atoms with Crippen LogP contribution < -0.4 is 5.56 Å². The second-order valence-corrected chi connectivity index (χ2v) is 9.25. The van der Waals surface area contributed by atoms with Gasteiger partial charge in [0.1, 0.15) is 10.6 Å². The first-order valence-corrected chi connectivity index (χ1v) is 11.6. The zero-order valence-electron chi connectivity index (χ0n) is 15.5. The summed E-state index contributed by atoms with van der Waals surface area (Å²) in [7, 11) is 0. The van der Waals surface area contributed by atoms with Crippen molar-refractivity contribution in [2.24, 2.45) is 0 Å². The van der Waals surface area contributed by atoms with E-state index in [0.717, 1.165) is 21.0 Å². The summed E-state index contributed by atoms with van der Waals surface area (Å²) < 4.78 is 7.45. The van der Waals surface area contributed by atoms with E-state index in [2.05, 4.69) is 25.4 Å². The molecule has 4 aromatic rings. The van der Waals surface area contributed by atoms with Gasteiger partial charge in [-0.25, -0.2) is 9.97 Å². The summed E-state index contributed by atoms with van der Waals surface area (Å²) in [6, 6.07) is 4.02. The quantitative estimate of drug-likeness (QED) is 0.212. The number of hydrogen-bond acceptors (Lipinski definition) is 7. The fourth-order valence-electron chi connectivity index (χ4n) is 2.80. The number of fused-ring (bicyclic) bond motifs is 1. The van der Waals surface area contributed by atoms with Gasteiger partial charge in [0, 0.05) is 28.3 Å². The number of nitrogens with zero attached hydrogens (tertiary/aromatic N) is 3. The average molecular weight is 430 g/mol. The molecule has 0 fully saturated rings. The molecule has 144 valence electrons. The standard InChI is InChI=1S/C20H19N3O2S3/c1-4-7-23-19(24)17-13(15-6-5-8-26-15)10-27-18(17)22-20(23)28-11-16-21-9-14(25-16)12(2)3/h4-6,8-10,12H,1,7,11H2,2-3H3. The smallest absolute Gasteiger partial charge is 0.263 e. The summed E-state index contributed by atoms with van der Waals surface area (Å²) in [5, 5.41) is 5.36. The Morgan fingerprint density at radius 2 is 2.25 bits per heavy atom. The van der Waals surface area contributed by atoms with Gasteiger partial charge >= 0.3 is 0 Å². The van der Waals surface area contributed by atoms with Crippen molar-refractivity contribution in [3.63, 3.8) is 0 Å². The van der Waals surface area contributed by atoms with Crippen LogP contribution in [-0.4, -0.2) is 14.5 Å². The van der Waals surface area contributed by atoms with Crippen molar-refractivity contribution in [2.75, 3.05) is 0 Å². The molecule has 4 aromatic heterocycles. The number of thioether (sulfide) groups is 1. The first kappa shape index (κ1) is 19.2. The largest absolute Gasteiger partial charge is 0.445 e. The SMILES string of the molecule is C=CCn1c(SCc2ncc(C(C)C)o2)nc2scc(-c3cccs3)c2c1=O. The van der Waals surface area contributed by atoms with E-state index < -0.39 is 0 Å². The van der Waals surface area contributed by atoms with E-state index in [-0.39, 0.29) is 5.56 Å². The van der Waals surface area contributed by atoms with E-state index in [1.54, 1.807) is 28.2 Å². The van der Waals surface area contributed by atoms with Crippen LogP contribution in [0.15, 0.2) is 56.1 Å². The molecule has 0 aliphatic rings. The van der Waals surface area contributed by atoms with Gasteiger partial charge in [0.05, 0.1) is 17.3 Å². The Morgan fingerprint density at radius 1 is 1.39 bits per heavy atom. The third-order valence-corrected chi connectivity index (χ3v) is 6.96. The maximum absolute atomic E-state index is 13.3. The number of thiophene rings is 2. The minimum Gasteiger partial charge on any atom is -0.445 e. The minimum atomic E-state index is -0.0349. The Labute approximate surface area is 174 Å². The van der Waals surface area contributed by atoms with Crippen LogP contribution in [0.3, 0.4) is 0 Å². The summed E-state index contributed by atoms with van der Waals surface area (Å²) in [6.07, 6.45) is 3.48. The summed E-state index contributed by atoms with van der Waals surface area (Å²) in [5.74, 6) is 2.31. The van der Waals surface area contributed by atoms with Crippen LogP contribution >= 0.6 is 34.4 Å². The van der Waals surface area contributed by atoms with Crippen molar-refractivity contribution in [3.8, 4) is 10.4 Å². The Hall–Kier alpha value is -2.16. The van der Waals surface area contributed by atoms with E-state index in [9.17, 15) is 4.79 Å². The van der Waals surface area contributed by atoms with Crippen LogP contribution in [0.5, 0.6) is 0 Å². The highest BCUT2D eigenvalue weighted by Crippen LogP contribution is 2.35. The molecule has 0 atom stereocenters. The molecule has 28 heavy (non-hydrogen) atoms. The second-order valence-electron chi connectivity index (χ2n) is 6.51. The third kappa shape index (κ3) is 3.59. The molecule has 0 bridgehead atoms. The molecule has 0 saturated carbocycles. The Kier molecular flexibility index (Phi) is 5.52. The van der Waals surface area contributed by atoms with Gasteiger partial charge in [-0.15, -0.1) is 29.3 Å². The van der Waals surface area contributed by atoms with E-state index >= 15 is 0 Å². The van der Waals surface area contributed by atoms with Crippen LogP contribution in [0.4, 0.5) is 0 Å². The normalized spacial score (nSPS) is 11.5. The lowest BCUT2D eigenvalue weighted by Crippen LogP contribution is -2.22. The monoisotopic (exact) mass is 429 g/mol. The molecule has 0 N–H and O–H groups in total. The number of allylic oxidation sites excluding steroid dienone is 1. The van der Waals surface area contributed by atoms with Crippen molar-refractivity contribution >= 4 is 44.7 Å². The Bertz CT molecular complexity index is 1170. The molecule has 0 unspecified atom stereocenters. The maximum Gasteiger partial charge on any atom is 0.263 e. The molecule has 0 amide bonds. The predicted octanol–water partition coefficient (Wildman–Crippen LogP) is 5.78. The first-order valence-electron chi connectivity index (χ1n) is 8.82. The maximum atomic E-state index is 13.3. The van der Waals surface area contributed by atoms with Crippen molar-refractivity contribution in [1.82, 2.24) is 14.5 Å². The topological polar surface area (TPSA) is 60.9 Å². The van der Waals surface area contributed by atoms with Crippen LogP contribution in [0, 0.1) is 0 Å². The van der Waals surface area contributed by atoms with Crippen molar-refractivity contribution in [3.05, 3.63) is 63.7 Å². The van der Waals surface area contributed by atoms with Gasteiger partial charge in [-0.05, 0) is 11.4 Å². The van der Waals surface area contributed by atoms with Gasteiger partial charge in [-0.2, -0.15) is 0 Å². The third-order valence-electron chi connectivity index (χ3n) is 4.22. The van der Waals surface area contributed by atoms with Crippen molar-refractivity contribution < 1.29 is 4.42 Å². The average Bonchev–Trinajstić information content (AvgIpc) is 3.42. The number of oxazole rings is 1. The first-order chi connectivity index (χ1) is 13.6. The number of hydrogen-bond donors (Lipinski definition) is 0. The molecule has 0 aromatic carbocycles. The number of aromatic nitrogens is 3. The molecular formula is C20H19N3O2S3. The molecule has 4 rings (SSSR count). The van der Waals surface area contributed by atoms with Gasteiger partial charge in [0.15, 0.2) is 5.16 Å². The molecule has 4 heterocycles. The lowest BCUT2D eigenvalue weighted by Gasteiger charge is -2.09. The van der Waals surface area contributed by atoms with Gasteiger partial charge in [-0.3, -0.25) is 9.36 Å². The highest BCUT2D eigenvalue weighted by molar-refractivity contribution is 7.98. The van der Waals surface area contributed by atoms with Crippen LogP contribution in [0.1, 0.15) is 31.4 Å². The molecular weight excluding hydrogens is 410 g/mol. The van der Waals surface area contributed by atoms with E-state index in [1.165, 1.54) is 23.1 Å². The van der Waals surface area contributed by atoms with Crippen molar-refractivity contribution in [1.29, 1.82) is 0 Å². The van der Waals surface area contributed by atoms with Gasteiger partial charge < -0.3 is 4.42 Å². The van der Waals surface area contributed by atoms with Crippen LogP contribution in [-0.2, 0) is 12.3 Å². The fraction of sp³-hybridized carbons (Fsp3) is 0.250. The lowest BCUT2D eigenvalue weighted by atomic mass is 10.2. The minimum absolute atomic E-state index is 0.0349. The van der Waals surface area contributed by atoms with Crippen molar-refractivity contribution in [2.45, 2.75) is 37.2 Å². The van der Waals surface area contributed by atoms with Gasteiger partial charge in [0.25, 0.3) is 5.56 Å². The zero-order valence-corrected chi connectivity index (χ0v) is 18.0. The lowest BCUT2D eigenvalue weighted by molar-refractivity contribution is 0.453. The fourth-order valence-corrected chi connectivity index (χ4v) is 5.47. The molecule has 0 aliphatic heterocycles. The Balaban J connectivity index is 1.72. The molecule has 8 heteroatoms. The summed E-state index contributed by atoms with van der Waals surface area (Å²) >= 11 is 4.58. The molecule has 5 nitrogen and oxygen atoms in total. The highest BCUT2D eigenvalue weighted by atomic mass is 32.2.